The van der Waals surface area contributed by atoms with Gasteiger partial charge >= 0.3 is 0 Å². The van der Waals surface area contributed by atoms with Gasteiger partial charge in [0.05, 0.1) is 6.10 Å². The van der Waals surface area contributed by atoms with Gasteiger partial charge in [-0.15, -0.1) is 0 Å². The van der Waals surface area contributed by atoms with Crippen molar-refractivity contribution < 1.29 is 19.4 Å². The summed E-state index contributed by atoms with van der Waals surface area (Å²) < 4.78 is 10.9. The van der Waals surface area contributed by atoms with E-state index in [2.05, 4.69) is 5.32 Å². The first-order valence-electron chi connectivity index (χ1n) is 6.43. The number of ether oxygens (including phenoxy) is 2. The van der Waals surface area contributed by atoms with Gasteiger partial charge < -0.3 is 19.9 Å². The molecule has 1 amide bonds. The Morgan fingerprint density at radius 2 is 2.00 bits per heavy atom. The Labute approximate surface area is 112 Å². The number of fused-ring (bicyclic) bond motifs is 1. The van der Waals surface area contributed by atoms with E-state index in [1.165, 1.54) is 0 Å². The molecule has 1 atom stereocenters. The van der Waals surface area contributed by atoms with Crippen LogP contribution in [0.1, 0.15) is 25.5 Å². The van der Waals surface area contributed by atoms with Crippen LogP contribution in [0.25, 0.3) is 0 Å². The summed E-state index contributed by atoms with van der Waals surface area (Å²) in [6.45, 7) is 4.87. The average Bonchev–Trinajstić information content (AvgIpc) is 2.43. The molecular formula is C14H19NO4. The molecule has 0 radical (unpaired) electrons. The molecule has 2 N–H and O–H groups in total. The minimum absolute atomic E-state index is 0.0726. The van der Waals surface area contributed by atoms with Crippen molar-refractivity contribution in [1.82, 2.24) is 5.32 Å². The van der Waals surface area contributed by atoms with E-state index < -0.39 is 6.10 Å². The third-order valence-electron chi connectivity index (χ3n) is 2.95. The lowest BCUT2D eigenvalue weighted by molar-refractivity contribution is -0.124. The van der Waals surface area contributed by atoms with E-state index in [1.54, 1.807) is 18.2 Å². The quantitative estimate of drug-likeness (QED) is 0.860. The molecule has 19 heavy (non-hydrogen) atoms. The molecule has 0 aliphatic carbocycles. The first-order chi connectivity index (χ1) is 9.08. The van der Waals surface area contributed by atoms with E-state index in [1.807, 2.05) is 13.8 Å². The summed E-state index contributed by atoms with van der Waals surface area (Å²) >= 11 is 0. The molecule has 1 aliphatic rings. The molecule has 1 unspecified atom stereocenters. The lowest BCUT2D eigenvalue weighted by atomic mass is 10.1. The van der Waals surface area contributed by atoms with Crippen molar-refractivity contribution in [2.45, 2.75) is 20.0 Å². The van der Waals surface area contributed by atoms with Gasteiger partial charge in [0.1, 0.15) is 13.2 Å². The molecule has 0 bridgehead atoms. The maximum absolute atomic E-state index is 11.4. The van der Waals surface area contributed by atoms with Crippen LogP contribution in [-0.2, 0) is 4.79 Å². The van der Waals surface area contributed by atoms with Crippen molar-refractivity contribution in [2.75, 3.05) is 19.8 Å². The van der Waals surface area contributed by atoms with Crippen molar-refractivity contribution >= 4 is 5.91 Å². The Morgan fingerprint density at radius 3 is 2.68 bits per heavy atom. The molecule has 1 heterocycles. The summed E-state index contributed by atoms with van der Waals surface area (Å²) in [5.74, 6) is 1.16. The van der Waals surface area contributed by atoms with Crippen molar-refractivity contribution in [2.24, 2.45) is 5.92 Å². The zero-order valence-electron chi connectivity index (χ0n) is 11.2. The van der Waals surface area contributed by atoms with Crippen LogP contribution in [0.3, 0.4) is 0 Å². The highest BCUT2D eigenvalue weighted by Gasteiger charge is 2.16. The van der Waals surface area contributed by atoms with Gasteiger partial charge in [-0.2, -0.15) is 0 Å². The Balaban J connectivity index is 1.99. The molecule has 0 saturated heterocycles. The fraction of sp³-hybridized carbons (Fsp3) is 0.500. The SMILES string of the molecule is CC(C)C(=O)NCC(O)c1ccc2c(c1)OCCO2. The predicted octanol–water partition coefficient (Wildman–Crippen LogP) is 1.26. The maximum atomic E-state index is 11.4. The van der Waals surface area contributed by atoms with E-state index in [0.717, 1.165) is 0 Å². The number of carbonyl (C=O) groups excluding carboxylic acids is 1. The highest BCUT2D eigenvalue weighted by atomic mass is 16.6. The maximum Gasteiger partial charge on any atom is 0.222 e. The van der Waals surface area contributed by atoms with E-state index in [4.69, 9.17) is 9.47 Å². The molecule has 1 aromatic rings. The number of aliphatic hydroxyl groups is 1. The van der Waals surface area contributed by atoms with Gasteiger partial charge in [-0.25, -0.2) is 0 Å². The number of hydrogen-bond donors (Lipinski definition) is 2. The van der Waals surface area contributed by atoms with E-state index in [9.17, 15) is 9.90 Å². The van der Waals surface area contributed by atoms with Crippen LogP contribution in [-0.4, -0.2) is 30.8 Å². The third-order valence-corrected chi connectivity index (χ3v) is 2.95. The smallest absolute Gasteiger partial charge is 0.222 e. The second kappa shape index (κ2) is 5.93. The third kappa shape index (κ3) is 3.38. The van der Waals surface area contributed by atoms with Crippen molar-refractivity contribution in [3.8, 4) is 11.5 Å². The fourth-order valence-electron chi connectivity index (χ4n) is 1.79. The topological polar surface area (TPSA) is 67.8 Å². The van der Waals surface area contributed by atoms with E-state index in [-0.39, 0.29) is 18.4 Å². The van der Waals surface area contributed by atoms with Crippen LogP contribution in [0.5, 0.6) is 11.5 Å². The lowest BCUT2D eigenvalue weighted by Gasteiger charge is -2.20. The van der Waals surface area contributed by atoms with Crippen LogP contribution in [0, 0.1) is 5.92 Å². The molecule has 0 spiro atoms. The van der Waals surface area contributed by atoms with Crippen LogP contribution in [0.2, 0.25) is 0 Å². The molecule has 0 saturated carbocycles. The standard InChI is InChI=1S/C14H19NO4/c1-9(2)14(17)15-8-11(16)10-3-4-12-13(7-10)19-6-5-18-12/h3-4,7,9,11,16H,5-6,8H2,1-2H3,(H,15,17). The molecule has 5 heteroatoms. The van der Waals surface area contributed by atoms with Gasteiger partial charge in [-0.3, -0.25) is 4.79 Å². The number of amides is 1. The minimum Gasteiger partial charge on any atom is -0.486 e. The van der Waals surface area contributed by atoms with Crippen LogP contribution in [0.4, 0.5) is 0 Å². The summed E-state index contributed by atoms with van der Waals surface area (Å²) in [5.41, 5.74) is 0.702. The average molecular weight is 265 g/mol. The summed E-state index contributed by atoms with van der Waals surface area (Å²) in [6, 6.07) is 5.30. The number of rotatable bonds is 4. The number of carbonyl (C=O) groups is 1. The Morgan fingerprint density at radius 1 is 1.32 bits per heavy atom. The minimum atomic E-state index is -0.751. The predicted molar refractivity (Wildman–Crippen MR) is 70.2 cm³/mol. The second-order valence-electron chi connectivity index (χ2n) is 4.82. The Hall–Kier alpha value is -1.75. The Bertz CT molecular complexity index is 459. The van der Waals surface area contributed by atoms with Gasteiger partial charge in [0.15, 0.2) is 11.5 Å². The van der Waals surface area contributed by atoms with Gasteiger partial charge in [0.25, 0.3) is 0 Å². The second-order valence-corrected chi connectivity index (χ2v) is 4.82. The molecule has 1 aliphatic heterocycles. The molecule has 0 aromatic heterocycles. The monoisotopic (exact) mass is 265 g/mol. The van der Waals surface area contributed by atoms with E-state index in [0.29, 0.717) is 30.3 Å². The highest BCUT2D eigenvalue weighted by Crippen LogP contribution is 2.32. The van der Waals surface area contributed by atoms with Gasteiger partial charge in [-0.05, 0) is 17.7 Å². The van der Waals surface area contributed by atoms with Crippen LogP contribution < -0.4 is 14.8 Å². The zero-order valence-corrected chi connectivity index (χ0v) is 11.2. The van der Waals surface area contributed by atoms with Crippen molar-refractivity contribution in [3.63, 3.8) is 0 Å². The number of nitrogens with one attached hydrogen (secondary N) is 1. The molecular weight excluding hydrogens is 246 g/mol. The lowest BCUT2D eigenvalue weighted by Crippen LogP contribution is -2.31. The van der Waals surface area contributed by atoms with Gasteiger partial charge in [0.2, 0.25) is 5.91 Å². The molecule has 1 aromatic carbocycles. The zero-order chi connectivity index (χ0) is 13.8. The van der Waals surface area contributed by atoms with Gasteiger partial charge in [0, 0.05) is 12.5 Å². The molecule has 104 valence electrons. The fourth-order valence-corrected chi connectivity index (χ4v) is 1.79. The summed E-state index contributed by atoms with van der Waals surface area (Å²) in [7, 11) is 0. The van der Waals surface area contributed by atoms with E-state index >= 15 is 0 Å². The normalized spacial score (nSPS) is 15.2. The summed E-state index contributed by atoms with van der Waals surface area (Å²) in [4.78, 5) is 11.4. The summed E-state index contributed by atoms with van der Waals surface area (Å²) in [5, 5.41) is 12.7. The van der Waals surface area contributed by atoms with Crippen molar-refractivity contribution in [3.05, 3.63) is 23.8 Å². The number of aliphatic hydroxyl groups excluding tert-OH is 1. The van der Waals surface area contributed by atoms with Crippen molar-refractivity contribution in [1.29, 1.82) is 0 Å². The molecule has 0 fully saturated rings. The largest absolute Gasteiger partial charge is 0.486 e. The number of benzene rings is 1. The molecule has 2 rings (SSSR count). The van der Waals surface area contributed by atoms with Gasteiger partial charge in [-0.1, -0.05) is 19.9 Å². The number of hydrogen-bond acceptors (Lipinski definition) is 4. The highest BCUT2D eigenvalue weighted by molar-refractivity contribution is 5.77. The molecule has 5 nitrogen and oxygen atoms in total. The Kier molecular flexibility index (Phi) is 4.27. The first kappa shape index (κ1) is 13.7. The first-order valence-corrected chi connectivity index (χ1v) is 6.43. The summed E-state index contributed by atoms with van der Waals surface area (Å²) in [6.07, 6.45) is -0.751. The van der Waals surface area contributed by atoms with Crippen LogP contribution in [0.15, 0.2) is 18.2 Å². The van der Waals surface area contributed by atoms with Crippen LogP contribution >= 0.6 is 0 Å².